The number of rotatable bonds is 7. The van der Waals surface area contributed by atoms with Gasteiger partial charge in [-0.25, -0.2) is 14.0 Å². The van der Waals surface area contributed by atoms with E-state index in [0.29, 0.717) is 17.9 Å². The van der Waals surface area contributed by atoms with Gasteiger partial charge in [-0.3, -0.25) is 19.3 Å². The number of hydrogen-bond acceptors (Lipinski definition) is 8. The number of amides is 5. The van der Waals surface area contributed by atoms with Gasteiger partial charge in [0.2, 0.25) is 5.91 Å². The van der Waals surface area contributed by atoms with Crippen LogP contribution in [0.1, 0.15) is 36.2 Å². The van der Waals surface area contributed by atoms with E-state index in [2.05, 4.69) is 10.6 Å². The quantitative estimate of drug-likeness (QED) is 0.216. The molecule has 13 nitrogen and oxygen atoms in total. The number of carboxylic acids is 1. The Balaban J connectivity index is 1.70. The first kappa shape index (κ1) is 26.9. The maximum absolute atomic E-state index is 13.9. The molecule has 2 aliphatic rings. The zero-order valence-electron chi connectivity index (χ0n) is 19.6. The SMILES string of the molecule is CCCN1CCN(C(=O)N[C@@H](C(=O)N[C@H]2Cc3ccc(F)c(C(=O)O)c3OB2O)[C@@H](C)O)C(=O)C1=O. The van der Waals surface area contributed by atoms with E-state index in [1.807, 2.05) is 6.92 Å². The van der Waals surface area contributed by atoms with Crippen molar-refractivity contribution in [2.75, 3.05) is 19.6 Å². The molecule has 0 aliphatic carbocycles. The normalized spacial score (nSPS) is 19.2. The van der Waals surface area contributed by atoms with Crippen molar-refractivity contribution in [3.8, 4) is 5.75 Å². The third kappa shape index (κ3) is 5.41. The van der Waals surface area contributed by atoms with Crippen molar-refractivity contribution in [1.82, 2.24) is 20.4 Å². The molecule has 1 aromatic carbocycles. The van der Waals surface area contributed by atoms with Crippen LogP contribution >= 0.6 is 0 Å². The number of benzene rings is 1. The number of piperazine rings is 1. The molecule has 2 heterocycles. The van der Waals surface area contributed by atoms with E-state index < -0.39 is 66.3 Å². The highest BCUT2D eigenvalue weighted by Gasteiger charge is 2.42. The topological polar surface area (TPSA) is 186 Å². The highest BCUT2D eigenvalue weighted by atomic mass is 19.1. The molecule has 0 unspecified atom stereocenters. The summed E-state index contributed by atoms with van der Waals surface area (Å²) in [5.41, 5.74) is -0.556. The van der Waals surface area contributed by atoms with Crippen molar-refractivity contribution >= 4 is 36.8 Å². The van der Waals surface area contributed by atoms with E-state index in [0.717, 1.165) is 6.07 Å². The monoisotopic (exact) mass is 508 g/mol. The lowest BCUT2D eigenvalue weighted by Crippen LogP contribution is -2.63. The number of carbonyl (C=O) groups excluding carboxylic acids is 4. The third-order valence-electron chi connectivity index (χ3n) is 5.84. The van der Waals surface area contributed by atoms with E-state index in [1.165, 1.54) is 17.9 Å². The summed E-state index contributed by atoms with van der Waals surface area (Å²) in [6, 6.07) is -0.473. The van der Waals surface area contributed by atoms with Gasteiger partial charge in [0.25, 0.3) is 0 Å². The Morgan fingerprint density at radius 1 is 1.25 bits per heavy atom. The molecule has 0 bridgehead atoms. The number of aliphatic hydroxyl groups is 1. The first-order valence-corrected chi connectivity index (χ1v) is 11.2. The molecule has 5 amide bonds. The van der Waals surface area contributed by atoms with Gasteiger partial charge in [-0.2, -0.15) is 0 Å². The zero-order chi connectivity index (χ0) is 26.7. The minimum Gasteiger partial charge on any atom is -0.534 e. The van der Waals surface area contributed by atoms with E-state index in [9.17, 15) is 43.6 Å². The van der Waals surface area contributed by atoms with Crippen molar-refractivity contribution < 1.29 is 48.3 Å². The van der Waals surface area contributed by atoms with Crippen LogP contribution in [0.3, 0.4) is 0 Å². The van der Waals surface area contributed by atoms with Crippen molar-refractivity contribution in [3.63, 3.8) is 0 Å². The number of aliphatic hydroxyl groups excluding tert-OH is 1. The maximum Gasteiger partial charge on any atom is 0.547 e. The van der Waals surface area contributed by atoms with Crippen molar-refractivity contribution in [3.05, 3.63) is 29.1 Å². The van der Waals surface area contributed by atoms with Gasteiger partial charge < -0.3 is 35.4 Å². The highest BCUT2D eigenvalue weighted by molar-refractivity contribution is 6.47. The Bertz CT molecular complexity index is 1090. The fourth-order valence-corrected chi connectivity index (χ4v) is 4.00. The molecular formula is C21H26BFN4O9. The summed E-state index contributed by atoms with van der Waals surface area (Å²) in [4.78, 5) is 63.4. The Labute approximate surface area is 205 Å². The van der Waals surface area contributed by atoms with Crippen LogP contribution in [0.5, 0.6) is 5.75 Å². The standard InChI is InChI=1S/C21H26BFN4O9/c1-3-6-26-7-8-27(19(31)18(26)30)21(34)25-15(10(2)28)17(29)24-13-9-11-4-5-12(23)14(20(32)33)16(11)36-22(13)35/h4-5,10,13,15,28,35H,3,6-9H2,1-2H3,(H,24,29)(H,25,34)(H,32,33)/t10-,13+,15-/m1/s1. The van der Waals surface area contributed by atoms with Crippen LogP contribution in [0.25, 0.3) is 0 Å². The maximum atomic E-state index is 13.9. The molecule has 15 heteroatoms. The van der Waals surface area contributed by atoms with Crippen LogP contribution in [-0.4, -0.2) is 99.6 Å². The number of hydrogen-bond donors (Lipinski definition) is 5. The largest absolute Gasteiger partial charge is 0.547 e. The van der Waals surface area contributed by atoms with Crippen LogP contribution in [0.15, 0.2) is 12.1 Å². The second-order valence-electron chi connectivity index (χ2n) is 8.46. The second kappa shape index (κ2) is 10.9. The smallest absolute Gasteiger partial charge is 0.534 e. The summed E-state index contributed by atoms with van der Waals surface area (Å²) in [5, 5.41) is 34.2. The average molecular weight is 508 g/mol. The molecule has 36 heavy (non-hydrogen) atoms. The van der Waals surface area contributed by atoms with Gasteiger partial charge >= 0.3 is 30.9 Å². The van der Waals surface area contributed by atoms with Crippen LogP contribution in [0.2, 0.25) is 0 Å². The minimum absolute atomic E-state index is 0.0982. The zero-order valence-corrected chi connectivity index (χ0v) is 19.6. The Morgan fingerprint density at radius 3 is 2.56 bits per heavy atom. The number of nitrogens with one attached hydrogen (secondary N) is 2. The van der Waals surface area contributed by atoms with E-state index in [-0.39, 0.29) is 30.8 Å². The highest BCUT2D eigenvalue weighted by Crippen LogP contribution is 2.32. The molecule has 1 aromatic rings. The molecule has 0 saturated carbocycles. The Hall–Kier alpha value is -3.72. The molecule has 2 aliphatic heterocycles. The number of imide groups is 1. The van der Waals surface area contributed by atoms with Gasteiger partial charge in [-0.05, 0) is 31.4 Å². The van der Waals surface area contributed by atoms with Crippen molar-refractivity contribution in [2.24, 2.45) is 0 Å². The first-order valence-electron chi connectivity index (χ1n) is 11.2. The van der Waals surface area contributed by atoms with E-state index in [4.69, 9.17) is 4.65 Å². The fourth-order valence-electron chi connectivity index (χ4n) is 4.00. The Morgan fingerprint density at radius 2 is 1.94 bits per heavy atom. The number of carbonyl (C=O) groups is 5. The van der Waals surface area contributed by atoms with Crippen LogP contribution in [0.4, 0.5) is 9.18 Å². The number of fused-ring (bicyclic) bond motifs is 1. The molecule has 3 rings (SSSR count). The predicted molar refractivity (Wildman–Crippen MR) is 120 cm³/mol. The number of aromatic carboxylic acids is 1. The molecule has 0 spiro atoms. The summed E-state index contributed by atoms with van der Waals surface area (Å²) in [7, 11) is -1.77. The van der Waals surface area contributed by atoms with Gasteiger partial charge in [-0.1, -0.05) is 13.0 Å². The summed E-state index contributed by atoms with van der Waals surface area (Å²) >= 11 is 0. The summed E-state index contributed by atoms with van der Waals surface area (Å²) in [6.07, 6.45) is -0.957. The molecule has 0 radical (unpaired) electrons. The average Bonchev–Trinajstić information content (AvgIpc) is 2.80. The molecule has 194 valence electrons. The summed E-state index contributed by atoms with van der Waals surface area (Å²) in [6.45, 7) is 3.43. The Kier molecular flexibility index (Phi) is 8.15. The molecule has 5 N–H and O–H groups in total. The fraction of sp³-hybridized carbons (Fsp3) is 0.476. The molecule has 1 fully saturated rings. The lowest BCUT2D eigenvalue weighted by atomic mass is 9.72. The van der Waals surface area contributed by atoms with Gasteiger partial charge in [0.15, 0.2) is 0 Å². The number of carboxylic acid groups (broad SMARTS) is 1. The van der Waals surface area contributed by atoms with Gasteiger partial charge in [0.05, 0.1) is 12.0 Å². The lowest BCUT2D eigenvalue weighted by Gasteiger charge is -2.34. The van der Waals surface area contributed by atoms with E-state index >= 15 is 0 Å². The van der Waals surface area contributed by atoms with Crippen molar-refractivity contribution in [2.45, 2.75) is 44.8 Å². The number of urea groups is 1. The molecule has 1 saturated heterocycles. The lowest BCUT2D eigenvalue weighted by molar-refractivity contribution is -0.153. The van der Waals surface area contributed by atoms with Crippen molar-refractivity contribution in [1.29, 1.82) is 0 Å². The number of halogens is 1. The second-order valence-corrected chi connectivity index (χ2v) is 8.46. The minimum atomic E-state index is -1.77. The van der Waals surface area contributed by atoms with Gasteiger partial charge in [-0.15, -0.1) is 0 Å². The van der Waals surface area contributed by atoms with E-state index in [1.54, 1.807) is 0 Å². The van der Waals surface area contributed by atoms with Crippen LogP contribution in [-0.2, 0) is 20.8 Å². The number of nitrogens with zero attached hydrogens (tertiary/aromatic N) is 2. The van der Waals surface area contributed by atoms with Gasteiger partial charge in [0.1, 0.15) is 23.2 Å². The first-order chi connectivity index (χ1) is 17.0. The third-order valence-corrected chi connectivity index (χ3v) is 5.84. The van der Waals surface area contributed by atoms with Crippen LogP contribution in [0, 0.1) is 5.82 Å². The van der Waals surface area contributed by atoms with Crippen LogP contribution < -0.4 is 15.3 Å². The summed E-state index contributed by atoms with van der Waals surface area (Å²) < 4.78 is 19.1. The predicted octanol–water partition coefficient (Wildman–Crippen LogP) is -1.50. The molecule has 3 atom stereocenters. The molecular weight excluding hydrogens is 482 g/mol. The molecule has 0 aromatic heterocycles. The van der Waals surface area contributed by atoms with Gasteiger partial charge in [0, 0.05) is 19.6 Å². The summed E-state index contributed by atoms with van der Waals surface area (Å²) in [5.74, 6) is -7.03.